The molecule has 4 aromatic rings. The van der Waals surface area contributed by atoms with E-state index in [1.807, 2.05) is 31.2 Å². The van der Waals surface area contributed by atoms with Crippen molar-refractivity contribution in [2.75, 3.05) is 14.2 Å². The summed E-state index contributed by atoms with van der Waals surface area (Å²) in [6.07, 6.45) is 7.50. The molecule has 0 fully saturated rings. The maximum Gasteiger partial charge on any atom is 0.305 e. The minimum Gasteiger partial charge on any atom is -0.469 e. The van der Waals surface area contributed by atoms with Crippen molar-refractivity contribution in [3.8, 4) is 0 Å². The molecule has 8 bridgehead atoms. The summed E-state index contributed by atoms with van der Waals surface area (Å²) in [5.41, 5.74) is 16.2. The standard InChI is InChI=1S/C42H42N4O4.Zn/c1-8-28-10-9-11-29(19-28)12-13-31-25(3)35-20-30-18-24(2)34(43-30)21-36-26(4)32(14-16-41(47)49-6)39(45-36)23-40-33(15-17-42(48)50-7)27(5)37(46-40)22-38(31)44-35;/h8-13,18-23,43,46H,1,14-17H2,2-7H3;/b13-12+,30-20?,34-21?,35-20?,36-21?,37-22?,38-22?,39-23?,40-23?;. The van der Waals surface area contributed by atoms with Crippen LogP contribution in [0, 0.1) is 13.8 Å². The summed E-state index contributed by atoms with van der Waals surface area (Å²) >= 11 is 0. The van der Waals surface area contributed by atoms with E-state index in [0.717, 1.165) is 95.0 Å². The fraction of sp³-hybridized carbons (Fsp3) is 0.238. The van der Waals surface area contributed by atoms with Gasteiger partial charge in [-0.25, -0.2) is 9.97 Å². The van der Waals surface area contributed by atoms with Crippen molar-refractivity contribution >= 4 is 68.4 Å². The van der Waals surface area contributed by atoms with Crippen molar-refractivity contribution in [1.29, 1.82) is 0 Å². The fourth-order valence-electron chi connectivity index (χ4n) is 6.55. The Kier molecular flexibility index (Phi) is 11.5. The van der Waals surface area contributed by atoms with Crippen molar-refractivity contribution in [3.05, 3.63) is 118 Å². The van der Waals surface area contributed by atoms with E-state index in [9.17, 15) is 9.59 Å². The molecular formula is C42H42N4O4Zn. The normalized spacial score (nSPS) is 12.7. The van der Waals surface area contributed by atoms with Crippen LogP contribution in [0.1, 0.15) is 83.7 Å². The predicted molar refractivity (Wildman–Crippen MR) is 203 cm³/mol. The molecule has 2 N–H and O–H groups in total. The Labute approximate surface area is 311 Å². The fourth-order valence-corrected chi connectivity index (χ4v) is 6.55. The zero-order valence-corrected chi connectivity index (χ0v) is 33.2. The number of aromatic nitrogens is 4. The third kappa shape index (κ3) is 7.94. The van der Waals surface area contributed by atoms with Crippen LogP contribution in [0.15, 0.2) is 67.3 Å². The predicted octanol–water partition coefficient (Wildman–Crippen LogP) is 9.21. The first-order chi connectivity index (χ1) is 24.1. The zero-order chi connectivity index (χ0) is 35.5. The molecule has 0 radical (unpaired) electrons. The smallest absolute Gasteiger partial charge is 0.305 e. The second kappa shape index (κ2) is 15.8. The van der Waals surface area contributed by atoms with Gasteiger partial charge in [-0.05, 0) is 121 Å². The van der Waals surface area contributed by atoms with Crippen LogP contribution < -0.4 is 0 Å². The van der Waals surface area contributed by atoms with E-state index in [2.05, 4.69) is 85.9 Å². The molecule has 1 aromatic carbocycles. The van der Waals surface area contributed by atoms with Crippen LogP contribution >= 0.6 is 0 Å². The third-order valence-corrected chi connectivity index (χ3v) is 9.56. The number of carbonyl (C=O) groups excluding carboxylic acids is 2. The van der Waals surface area contributed by atoms with Crippen LogP contribution in [0.5, 0.6) is 0 Å². The number of fused-ring (bicyclic) bond motifs is 8. The molecule has 0 saturated heterocycles. The first-order valence-electron chi connectivity index (χ1n) is 16.8. The van der Waals surface area contributed by atoms with Gasteiger partial charge < -0.3 is 19.4 Å². The molecule has 9 heteroatoms. The topological polar surface area (TPSA) is 110 Å². The quantitative estimate of drug-likeness (QED) is 0.131. The first kappa shape index (κ1) is 37.1. The molecule has 0 atom stereocenters. The van der Waals surface area contributed by atoms with Crippen LogP contribution in [0.3, 0.4) is 0 Å². The van der Waals surface area contributed by atoms with E-state index in [4.69, 9.17) is 19.4 Å². The maximum absolute atomic E-state index is 12.3. The van der Waals surface area contributed by atoms with Gasteiger partial charge in [-0.3, -0.25) is 9.59 Å². The Morgan fingerprint density at radius 2 is 1.37 bits per heavy atom. The number of esters is 2. The number of benzene rings is 1. The molecule has 0 amide bonds. The first-order valence-corrected chi connectivity index (χ1v) is 16.8. The van der Waals surface area contributed by atoms with Gasteiger partial charge in [0.25, 0.3) is 0 Å². The van der Waals surface area contributed by atoms with E-state index in [0.29, 0.717) is 12.8 Å². The summed E-state index contributed by atoms with van der Waals surface area (Å²) in [6, 6.07) is 18.6. The summed E-state index contributed by atoms with van der Waals surface area (Å²) in [4.78, 5) is 42.0. The van der Waals surface area contributed by atoms with E-state index in [1.165, 1.54) is 14.2 Å². The van der Waals surface area contributed by atoms with Gasteiger partial charge in [-0.15, -0.1) is 0 Å². The van der Waals surface area contributed by atoms with E-state index in [-0.39, 0.29) is 44.3 Å². The third-order valence-electron chi connectivity index (χ3n) is 9.56. The van der Waals surface area contributed by atoms with Crippen LogP contribution in [-0.2, 0) is 45.0 Å². The number of aryl methyl sites for hydroxylation is 3. The number of ether oxygens (including phenoxy) is 2. The number of aromatic amines is 2. The Hall–Kier alpha value is -5.14. The van der Waals surface area contributed by atoms with Gasteiger partial charge in [0.05, 0.1) is 37.0 Å². The van der Waals surface area contributed by atoms with Gasteiger partial charge in [0.1, 0.15) is 0 Å². The van der Waals surface area contributed by atoms with Gasteiger partial charge in [-0.1, -0.05) is 43.0 Å². The summed E-state index contributed by atoms with van der Waals surface area (Å²) < 4.78 is 9.96. The number of allylic oxidation sites excluding steroid dienone is 5. The molecule has 2 aliphatic heterocycles. The second-order valence-electron chi connectivity index (χ2n) is 12.7. The molecule has 6 rings (SSSR count). The van der Waals surface area contributed by atoms with Crippen LogP contribution in [-0.4, -0.2) is 46.1 Å². The van der Waals surface area contributed by atoms with Gasteiger partial charge in [0.2, 0.25) is 0 Å². The Morgan fingerprint density at radius 1 is 0.725 bits per heavy atom. The molecule has 0 saturated carbocycles. The maximum atomic E-state index is 12.3. The van der Waals surface area contributed by atoms with Crippen LogP contribution in [0.4, 0.5) is 0 Å². The molecule has 8 nitrogen and oxygen atoms in total. The van der Waals surface area contributed by atoms with Crippen molar-refractivity contribution < 1.29 is 38.5 Å². The zero-order valence-electron chi connectivity index (χ0n) is 30.2. The Morgan fingerprint density at radius 3 is 2.10 bits per heavy atom. The van der Waals surface area contributed by atoms with E-state index >= 15 is 0 Å². The number of hydrogen-bond acceptors (Lipinski definition) is 6. The van der Waals surface area contributed by atoms with Gasteiger partial charge in [-0.2, -0.15) is 0 Å². The number of H-pyrrole nitrogens is 2. The number of nitrogens with one attached hydrogen (secondary N) is 2. The molecule has 0 spiro atoms. The molecule has 51 heavy (non-hydrogen) atoms. The largest absolute Gasteiger partial charge is 0.469 e. The molecule has 256 valence electrons. The van der Waals surface area contributed by atoms with E-state index < -0.39 is 0 Å². The van der Waals surface area contributed by atoms with Crippen molar-refractivity contribution in [2.24, 2.45) is 0 Å². The average molecular weight is 732 g/mol. The number of methoxy groups -OCH3 is 2. The summed E-state index contributed by atoms with van der Waals surface area (Å²) in [6.45, 7) is 12.2. The van der Waals surface area contributed by atoms with Gasteiger partial charge >= 0.3 is 11.9 Å². The number of nitrogens with zero attached hydrogens (tertiary/aromatic N) is 2. The molecular weight excluding hydrogens is 690 g/mol. The van der Waals surface area contributed by atoms with Gasteiger partial charge in [0, 0.05) is 60.0 Å². The number of carbonyl (C=O) groups is 2. The van der Waals surface area contributed by atoms with Crippen molar-refractivity contribution in [1.82, 2.24) is 19.9 Å². The SMILES string of the molecule is C=Cc1cccc(/C=C/C2=C(C)c3cc4cc(C)c(cc5nc(cc6[nH]c(cc2n3)c(C)c6CCC(=O)OC)C(CCC(=O)OC)=C5C)[nH]4)c1.[Zn]. The van der Waals surface area contributed by atoms with Crippen molar-refractivity contribution in [3.63, 3.8) is 0 Å². The molecule has 0 unspecified atom stereocenters. The Balaban J connectivity index is 0.00000504. The van der Waals surface area contributed by atoms with E-state index in [1.54, 1.807) is 0 Å². The summed E-state index contributed by atoms with van der Waals surface area (Å²) in [5.74, 6) is -0.553. The minimum atomic E-state index is -0.277. The molecule has 2 aliphatic rings. The summed E-state index contributed by atoms with van der Waals surface area (Å²) in [5, 5.41) is 0. The monoisotopic (exact) mass is 730 g/mol. The van der Waals surface area contributed by atoms with Crippen LogP contribution in [0.2, 0.25) is 0 Å². The minimum absolute atomic E-state index is 0. The molecule has 5 heterocycles. The second-order valence-corrected chi connectivity index (χ2v) is 12.7. The molecule has 0 aliphatic carbocycles. The van der Waals surface area contributed by atoms with Crippen molar-refractivity contribution in [2.45, 2.75) is 53.4 Å². The summed E-state index contributed by atoms with van der Waals surface area (Å²) in [7, 11) is 2.81. The number of hydrogen-bond donors (Lipinski definition) is 2. The average Bonchev–Trinajstić information content (AvgIpc) is 3.79. The molecule has 3 aromatic heterocycles. The van der Waals surface area contributed by atoms with Crippen LogP contribution in [0.25, 0.3) is 56.5 Å². The number of rotatable bonds is 9. The Bertz CT molecular complexity index is 2300. The van der Waals surface area contributed by atoms with Gasteiger partial charge in [0.15, 0.2) is 0 Å².